The van der Waals surface area contributed by atoms with Crippen molar-refractivity contribution in [2.45, 2.75) is 6.61 Å². The minimum Gasteiger partial charge on any atom is -0.392 e. The lowest BCUT2D eigenvalue weighted by Crippen LogP contribution is -1.84. The number of aryl methyl sites for hydroxylation is 1. The van der Waals surface area contributed by atoms with Crippen LogP contribution in [0.5, 0.6) is 0 Å². The summed E-state index contributed by atoms with van der Waals surface area (Å²) in [5, 5.41) is 12.9. The molecular weight excluding hydrogens is 202 g/mol. The molecule has 0 saturated carbocycles. The van der Waals surface area contributed by atoms with Gasteiger partial charge in [0.05, 0.1) is 18.5 Å². The second-order valence-corrected chi connectivity index (χ2v) is 3.53. The zero-order valence-electron chi connectivity index (χ0n) is 9.04. The molecule has 0 amide bonds. The second kappa shape index (κ2) is 4.72. The molecule has 0 radical (unpaired) electrons. The standard InChI is InChI=1S/C12H13N3O/c1-15-8-11(7-14-15)6-13-12-4-2-10(9-16)3-5-12/h2-8,16H,9H2,1H3. The molecule has 2 aromatic rings. The maximum Gasteiger partial charge on any atom is 0.0681 e. The Hall–Kier alpha value is -1.94. The Morgan fingerprint density at radius 1 is 1.38 bits per heavy atom. The van der Waals surface area contributed by atoms with E-state index in [1.807, 2.05) is 37.5 Å². The lowest BCUT2D eigenvalue weighted by molar-refractivity contribution is 0.282. The first-order valence-electron chi connectivity index (χ1n) is 5.00. The molecule has 0 spiro atoms. The number of nitrogens with zero attached hydrogens (tertiary/aromatic N) is 3. The number of aliphatic imine (C=N–C) groups is 1. The maximum atomic E-state index is 8.89. The third-order valence-electron chi connectivity index (χ3n) is 2.21. The molecular formula is C12H13N3O. The zero-order valence-corrected chi connectivity index (χ0v) is 9.04. The Morgan fingerprint density at radius 2 is 2.12 bits per heavy atom. The fourth-order valence-corrected chi connectivity index (χ4v) is 1.34. The van der Waals surface area contributed by atoms with Gasteiger partial charge in [-0.3, -0.25) is 9.67 Å². The molecule has 4 heteroatoms. The van der Waals surface area contributed by atoms with E-state index in [1.165, 1.54) is 0 Å². The zero-order chi connectivity index (χ0) is 11.4. The minimum atomic E-state index is 0.0621. The summed E-state index contributed by atoms with van der Waals surface area (Å²) in [5.41, 5.74) is 2.72. The number of aliphatic hydroxyl groups excluding tert-OH is 1. The Kier molecular flexibility index (Phi) is 3.12. The molecule has 0 aliphatic rings. The van der Waals surface area contributed by atoms with Gasteiger partial charge >= 0.3 is 0 Å². The van der Waals surface area contributed by atoms with Crippen molar-refractivity contribution in [2.75, 3.05) is 0 Å². The largest absolute Gasteiger partial charge is 0.392 e. The van der Waals surface area contributed by atoms with Crippen LogP contribution in [0.2, 0.25) is 0 Å². The van der Waals surface area contributed by atoms with E-state index < -0.39 is 0 Å². The monoisotopic (exact) mass is 215 g/mol. The van der Waals surface area contributed by atoms with Crippen molar-refractivity contribution >= 4 is 11.9 Å². The van der Waals surface area contributed by atoms with Crippen molar-refractivity contribution in [3.05, 3.63) is 47.8 Å². The molecule has 1 aromatic carbocycles. The average Bonchev–Trinajstić information content (AvgIpc) is 2.73. The highest BCUT2D eigenvalue weighted by molar-refractivity contribution is 5.81. The van der Waals surface area contributed by atoms with Crippen LogP contribution in [0.1, 0.15) is 11.1 Å². The van der Waals surface area contributed by atoms with Crippen molar-refractivity contribution in [1.29, 1.82) is 0 Å². The number of benzene rings is 1. The van der Waals surface area contributed by atoms with Crippen LogP contribution < -0.4 is 0 Å². The average molecular weight is 215 g/mol. The number of aromatic nitrogens is 2. The quantitative estimate of drug-likeness (QED) is 0.792. The number of rotatable bonds is 3. The lowest BCUT2D eigenvalue weighted by Gasteiger charge is -1.95. The van der Waals surface area contributed by atoms with Gasteiger partial charge < -0.3 is 5.11 Å². The summed E-state index contributed by atoms with van der Waals surface area (Å²) in [6, 6.07) is 7.46. The SMILES string of the molecule is Cn1cc(C=Nc2ccc(CO)cc2)cn1. The van der Waals surface area contributed by atoms with E-state index in [9.17, 15) is 0 Å². The number of hydrogen-bond donors (Lipinski definition) is 1. The van der Waals surface area contributed by atoms with Gasteiger partial charge in [-0.15, -0.1) is 0 Å². The molecule has 1 aromatic heterocycles. The summed E-state index contributed by atoms with van der Waals surface area (Å²) >= 11 is 0. The Labute approximate surface area is 93.9 Å². The first-order chi connectivity index (χ1) is 7.78. The highest BCUT2D eigenvalue weighted by atomic mass is 16.3. The molecule has 0 aliphatic heterocycles. The summed E-state index contributed by atoms with van der Waals surface area (Å²) in [7, 11) is 1.87. The first-order valence-corrected chi connectivity index (χ1v) is 5.00. The van der Waals surface area contributed by atoms with Gasteiger partial charge in [-0.25, -0.2) is 0 Å². The summed E-state index contributed by atoms with van der Waals surface area (Å²) in [6.45, 7) is 0.0621. The van der Waals surface area contributed by atoms with Gasteiger partial charge in [0.15, 0.2) is 0 Å². The first kappa shape index (κ1) is 10.6. The van der Waals surface area contributed by atoms with Crippen LogP contribution in [0.25, 0.3) is 0 Å². The normalized spacial score (nSPS) is 11.1. The van der Waals surface area contributed by atoms with Crippen LogP contribution in [0.15, 0.2) is 41.7 Å². The Balaban J connectivity index is 2.11. The number of hydrogen-bond acceptors (Lipinski definition) is 3. The number of aliphatic hydroxyl groups is 1. The van der Waals surface area contributed by atoms with Crippen molar-refractivity contribution < 1.29 is 5.11 Å². The predicted molar refractivity (Wildman–Crippen MR) is 62.8 cm³/mol. The van der Waals surface area contributed by atoms with Crippen molar-refractivity contribution in [2.24, 2.45) is 12.0 Å². The van der Waals surface area contributed by atoms with E-state index in [0.717, 1.165) is 16.8 Å². The van der Waals surface area contributed by atoms with Crippen LogP contribution in [0.4, 0.5) is 5.69 Å². The van der Waals surface area contributed by atoms with E-state index in [0.29, 0.717) is 0 Å². The molecule has 16 heavy (non-hydrogen) atoms. The van der Waals surface area contributed by atoms with Gasteiger partial charge in [-0.05, 0) is 17.7 Å². The molecule has 0 bridgehead atoms. The van der Waals surface area contributed by atoms with E-state index in [4.69, 9.17) is 5.11 Å². The van der Waals surface area contributed by atoms with Crippen molar-refractivity contribution in [3.63, 3.8) is 0 Å². The highest BCUT2D eigenvalue weighted by Crippen LogP contribution is 2.12. The minimum absolute atomic E-state index is 0.0621. The molecule has 4 nitrogen and oxygen atoms in total. The van der Waals surface area contributed by atoms with Gasteiger partial charge in [0, 0.05) is 25.0 Å². The molecule has 0 saturated heterocycles. The molecule has 82 valence electrons. The van der Waals surface area contributed by atoms with Crippen molar-refractivity contribution in [1.82, 2.24) is 9.78 Å². The molecule has 0 atom stereocenters. The summed E-state index contributed by atoms with van der Waals surface area (Å²) in [5.74, 6) is 0. The molecule has 0 fully saturated rings. The Morgan fingerprint density at radius 3 is 2.69 bits per heavy atom. The van der Waals surface area contributed by atoms with Crippen LogP contribution in [0.3, 0.4) is 0 Å². The van der Waals surface area contributed by atoms with Crippen molar-refractivity contribution in [3.8, 4) is 0 Å². The molecule has 2 rings (SSSR count). The van der Waals surface area contributed by atoms with E-state index >= 15 is 0 Å². The molecule has 0 aliphatic carbocycles. The van der Waals surface area contributed by atoms with Crippen LogP contribution in [-0.4, -0.2) is 21.1 Å². The van der Waals surface area contributed by atoms with E-state index in [1.54, 1.807) is 17.1 Å². The van der Waals surface area contributed by atoms with Gasteiger partial charge in [-0.1, -0.05) is 12.1 Å². The Bertz CT molecular complexity index is 485. The van der Waals surface area contributed by atoms with Gasteiger partial charge in [0.25, 0.3) is 0 Å². The summed E-state index contributed by atoms with van der Waals surface area (Å²) < 4.78 is 1.73. The fourth-order valence-electron chi connectivity index (χ4n) is 1.34. The van der Waals surface area contributed by atoms with Crippen LogP contribution >= 0.6 is 0 Å². The third kappa shape index (κ3) is 2.55. The summed E-state index contributed by atoms with van der Waals surface area (Å²) in [4.78, 5) is 4.31. The highest BCUT2D eigenvalue weighted by Gasteiger charge is 1.92. The molecule has 1 N–H and O–H groups in total. The fraction of sp³-hybridized carbons (Fsp3) is 0.167. The van der Waals surface area contributed by atoms with Gasteiger partial charge in [0.2, 0.25) is 0 Å². The molecule has 0 unspecified atom stereocenters. The smallest absolute Gasteiger partial charge is 0.0681 e. The van der Waals surface area contributed by atoms with Gasteiger partial charge in [-0.2, -0.15) is 5.10 Å². The third-order valence-corrected chi connectivity index (χ3v) is 2.21. The van der Waals surface area contributed by atoms with E-state index in [-0.39, 0.29) is 6.61 Å². The van der Waals surface area contributed by atoms with Gasteiger partial charge in [0.1, 0.15) is 0 Å². The topological polar surface area (TPSA) is 50.4 Å². The van der Waals surface area contributed by atoms with E-state index in [2.05, 4.69) is 10.1 Å². The summed E-state index contributed by atoms with van der Waals surface area (Å²) in [6.07, 6.45) is 5.41. The van der Waals surface area contributed by atoms with Crippen LogP contribution in [0, 0.1) is 0 Å². The maximum absolute atomic E-state index is 8.89. The second-order valence-electron chi connectivity index (χ2n) is 3.53. The van der Waals surface area contributed by atoms with Crippen LogP contribution in [-0.2, 0) is 13.7 Å². The predicted octanol–water partition coefficient (Wildman–Crippen LogP) is 1.66. The molecule has 1 heterocycles. The lowest BCUT2D eigenvalue weighted by atomic mass is 10.2.